The van der Waals surface area contributed by atoms with Gasteiger partial charge in [0.15, 0.2) is 11.5 Å². The van der Waals surface area contributed by atoms with Gasteiger partial charge in [0, 0.05) is 6.54 Å². The second-order valence-corrected chi connectivity index (χ2v) is 5.64. The van der Waals surface area contributed by atoms with Crippen molar-refractivity contribution in [2.45, 2.75) is 38.5 Å². The van der Waals surface area contributed by atoms with Gasteiger partial charge in [0.2, 0.25) is 5.91 Å². The van der Waals surface area contributed by atoms with Crippen LogP contribution in [0.1, 0.15) is 30.5 Å². The van der Waals surface area contributed by atoms with Crippen molar-refractivity contribution in [3.63, 3.8) is 0 Å². The van der Waals surface area contributed by atoms with E-state index in [1.807, 2.05) is 26.0 Å². The lowest BCUT2D eigenvalue weighted by molar-refractivity contribution is -0.123. The first-order valence-electron chi connectivity index (χ1n) is 7.40. The van der Waals surface area contributed by atoms with Gasteiger partial charge in [-0.25, -0.2) is 0 Å². The highest BCUT2D eigenvalue weighted by Gasteiger charge is 2.29. The second kappa shape index (κ2) is 6.98. The molecule has 1 aliphatic heterocycles. The lowest BCUT2D eigenvalue weighted by Gasteiger charge is -2.21. The van der Waals surface area contributed by atoms with Gasteiger partial charge in [0.1, 0.15) is 0 Å². The molecule has 0 aliphatic carbocycles. The van der Waals surface area contributed by atoms with E-state index in [2.05, 4.69) is 10.6 Å². The molecule has 3 atom stereocenters. The third-order valence-corrected chi connectivity index (χ3v) is 4.02. The molecule has 22 heavy (non-hydrogen) atoms. The number of methoxy groups -OCH3 is 2. The van der Waals surface area contributed by atoms with Crippen LogP contribution in [0.25, 0.3) is 0 Å². The van der Waals surface area contributed by atoms with Crippen LogP contribution < -0.4 is 20.1 Å². The largest absolute Gasteiger partial charge is 0.493 e. The Balaban J connectivity index is 2.12. The zero-order chi connectivity index (χ0) is 16.3. The highest BCUT2D eigenvalue weighted by molar-refractivity contribution is 5.82. The van der Waals surface area contributed by atoms with Crippen LogP contribution in [-0.4, -0.2) is 43.9 Å². The van der Waals surface area contributed by atoms with Crippen molar-refractivity contribution in [2.24, 2.45) is 0 Å². The molecule has 0 aromatic heterocycles. The van der Waals surface area contributed by atoms with Gasteiger partial charge in [-0.3, -0.25) is 4.79 Å². The van der Waals surface area contributed by atoms with Gasteiger partial charge in [0.05, 0.1) is 32.4 Å². The van der Waals surface area contributed by atoms with E-state index in [1.165, 1.54) is 0 Å². The van der Waals surface area contributed by atoms with Crippen molar-refractivity contribution in [1.29, 1.82) is 0 Å². The number of amides is 1. The van der Waals surface area contributed by atoms with E-state index < -0.39 is 6.10 Å². The second-order valence-electron chi connectivity index (χ2n) is 5.64. The van der Waals surface area contributed by atoms with Crippen molar-refractivity contribution in [3.05, 3.63) is 23.3 Å². The minimum atomic E-state index is -0.450. The number of aliphatic hydroxyl groups excluding tert-OH is 1. The summed E-state index contributed by atoms with van der Waals surface area (Å²) in [6, 6.07) is 3.29. The average Bonchev–Trinajstić information content (AvgIpc) is 2.93. The van der Waals surface area contributed by atoms with Crippen LogP contribution in [0, 0.1) is 6.92 Å². The Hall–Kier alpha value is -1.79. The van der Waals surface area contributed by atoms with E-state index in [9.17, 15) is 9.90 Å². The van der Waals surface area contributed by atoms with Crippen LogP contribution in [0.2, 0.25) is 0 Å². The quantitative estimate of drug-likeness (QED) is 0.753. The zero-order valence-electron chi connectivity index (χ0n) is 13.5. The first kappa shape index (κ1) is 16.6. The number of β-amino-alcohol motifs (C(OH)–C–C–N with tert-alkyl or cyclic N) is 1. The molecule has 1 saturated heterocycles. The zero-order valence-corrected chi connectivity index (χ0v) is 13.5. The monoisotopic (exact) mass is 308 g/mol. The van der Waals surface area contributed by atoms with Crippen molar-refractivity contribution >= 4 is 5.91 Å². The fourth-order valence-electron chi connectivity index (χ4n) is 2.77. The number of hydrogen-bond acceptors (Lipinski definition) is 5. The molecule has 1 amide bonds. The SMILES string of the molecule is COc1cc(C)c([C@H](C)NC(=O)[C@@H]2C[C@@H](O)CN2)cc1OC. The Kier molecular flexibility index (Phi) is 5.26. The van der Waals surface area contributed by atoms with E-state index >= 15 is 0 Å². The molecule has 1 aromatic carbocycles. The summed E-state index contributed by atoms with van der Waals surface area (Å²) in [4.78, 5) is 12.2. The molecule has 122 valence electrons. The summed E-state index contributed by atoms with van der Waals surface area (Å²) in [6.45, 7) is 4.36. The number of nitrogens with one attached hydrogen (secondary N) is 2. The summed E-state index contributed by atoms with van der Waals surface area (Å²) in [5, 5.41) is 15.5. The first-order valence-corrected chi connectivity index (χ1v) is 7.40. The number of aliphatic hydroxyl groups is 1. The Labute approximate surface area is 130 Å². The maximum Gasteiger partial charge on any atom is 0.237 e. The van der Waals surface area contributed by atoms with Gasteiger partial charge < -0.3 is 25.2 Å². The van der Waals surface area contributed by atoms with E-state index in [-0.39, 0.29) is 18.0 Å². The lowest BCUT2D eigenvalue weighted by atomic mass is 10.0. The summed E-state index contributed by atoms with van der Waals surface area (Å²) >= 11 is 0. The van der Waals surface area contributed by atoms with Gasteiger partial charge in [0.25, 0.3) is 0 Å². The molecule has 1 heterocycles. The number of carbonyl (C=O) groups is 1. The van der Waals surface area contributed by atoms with Crippen molar-refractivity contribution in [1.82, 2.24) is 10.6 Å². The van der Waals surface area contributed by atoms with E-state index in [0.717, 1.165) is 11.1 Å². The maximum absolute atomic E-state index is 12.2. The smallest absolute Gasteiger partial charge is 0.237 e. The van der Waals surface area contributed by atoms with Crippen LogP contribution in [0.3, 0.4) is 0 Å². The topological polar surface area (TPSA) is 79.8 Å². The van der Waals surface area contributed by atoms with Gasteiger partial charge in [-0.15, -0.1) is 0 Å². The van der Waals surface area contributed by atoms with Crippen molar-refractivity contribution in [3.8, 4) is 11.5 Å². The fourth-order valence-corrected chi connectivity index (χ4v) is 2.77. The predicted octanol–water partition coefficient (Wildman–Crippen LogP) is 0.912. The van der Waals surface area contributed by atoms with Crippen LogP contribution in [0.5, 0.6) is 11.5 Å². The summed E-state index contributed by atoms with van der Waals surface area (Å²) in [5.74, 6) is 1.21. The highest BCUT2D eigenvalue weighted by Crippen LogP contribution is 2.32. The number of carbonyl (C=O) groups excluding carboxylic acids is 1. The van der Waals surface area contributed by atoms with Gasteiger partial charge >= 0.3 is 0 Å². The summed E-state index contributed by atoms with van der Waals surface area (Å²) in [6.07, 6.45) is -0.00223. The summed E-state index contributed by atoms with van der Waals surface area (Å²) < 4.78 is 10.6. The third kappa shape index (κ3) is 3.51. The molecule has 0 radical (unpaired) electrons. The standard InChI is InChI=1S/C16H24N2O4/c1-9-5-14(21-3)15(22-4)7-12(9)10(2)18-16(20)13-6-11(19)8-17-13/h5,7,10-11,13,17,19H,6,8H2,1-4H3,(H,18,20)/t10-,11+,13-/m0/s1. The molecular weight excluding hydrogens is 284 g/mol. The molecule has 3 N–H and O–H groups in total. The fraction of sp³-hybridized carbons (Fsp3) is 0.562. The Morgan fingerprint density at radius 1 is 1.36 bits per heavy atom. The maximum atomic E-state index is 12.2. The third-order valence-electron chi connectivity index (χ3n) is 4.02. The molecular formula is C16H24N2O4. The molecule has 0 bridgehead atoms. The van der Waals surface area contributed by atoms with Gasteiger partial charge in [-0.2, -0.15) is 0 Å². The number of rotatable bonds is 5. The number of aryl methyl sites for hydroxylation is 1. The van der Waals surface area contributed by atoms with Crippen molar-refractivity contribution in [2.75, 3.05) is 20.8 Å². The molecule has 6 nitrogen and oxygen atoms in total. The number of benzene rings is 1. The van der Waals surface area contributed by atoms with Crippen LogP contribution in [0.15, 0.2) is 12.1 Å². The average molecular weight is 308 g/mol. The number of hydrogen-bond donors (Lipinski definition) is 3. The normalized spacial score (nSPS) is 22.2. The van der Waals surface area contributed by atoms with Crippen molar-refractivity contribution < 1.29 is 19.4 Å². The molecule has 6 heteroatoms. The highest BCUT2D eigenvalue weighted by atomic mass is 16.5. The molecule has 1 fully saturated rings. The molecule has 0 saturated carbocycles. The molecule has 1 aliphatic rings. The summed E-state index contributed by atoms with van der Waals surface area (Å²) in [7, 11) is 3.18. The van der Waals surface area contributed by atoms with Crippen LogP contribution in [-0.2, 0) is 4.79 Å². The van der Waals surface area contributed by atoms with Crippen LogP contribution >= 0.6 is 0 Å². The Morgan fingerprint density at radius 3 is 2.55 bits per heavy atom. The molecule has 1 aromatic rings. The Morgan fingerprint density at radius 2 is 2.00 bits per heavy atom. The Bertz CT molecular complexity index is 547. The van der Waals surface area contributed by atoms with Gasteiger partial charge in [-0.1, -0.05) is 0 Å². The van der Waals surface area contributed by atoms with E-state index in [0.29, 0.717) is 24.5 Å². The minimum Gasteiger partial charge on any atom is -0.493 e. The van der Waals surface area contributed by atoms with E-state index in [4.69, 9.17) is 9.47 Å². The number of ether oxygens (including phenoxy) is 2. The molecule has 0 spiro atoms. The van der Waals surface area contributed by atoms with E-state index in [1.54, 1.807) is 14.2 Å². The first-order chi connectivity index (χ1) is 10.5. The molecule has 0 unspecified atom stereocenters. The lowest BCUT2D eigenvalue weighted by Crippen LogP contribution is -2.41. The molecule has 2 rings (SSSR count). The van der Waals surface area contributed by atoms with Crippen LogP contribution in [0.4, 0.5) is 0 Å². The van der Waals surface area contributed by atoms with Gasteiger partial charge in [-0.05, 0) is 43.5 Å². The minimum absolute atomic E-state index is 0.0989. The summed E-state index contributed by atoms with van der Waals surface area (Å²) in [5.41, 5.74) is 1.99. The predicted molar refractivity (Wildman–Crippen MR) is 83.3 cm³/mol.